The highest BCUT2D eigenvalue weighted by atomic mass is 32.1. The SMILES string of the molecule is C=CCOC(=O)N(C)Cc1csc2cncn12. The third kappa shape index (κ3) is 2.47. The molecule has 0 N–H and O–H groups in total. The van der Waals surface area contributed by atoms with E-state index in [1.54, 1.807) is 37.0 Å². The number of ether oxygens (including phenoxy) is 1. The minimum atomic E-state index is -0.357. The van der Waals surface area contributed by atoms with Crippen LogP contribution < -0.4 is 0 Å². The van der Waals surface area contributed by atoms with Crippen molar-refractivity contribution in [2.45, 2.75) is 6.54 Å². The number of carbonyl (C=O) groups excluding carboxylic acids is 1. The molecule has 0 spiro atoms. The van der Waals surface area contributed by atoms with E-state index in [9.17, 15) is 4.79 Å². The van der Waals surface area contributed by atoms with Crippen LogP contribution in [0.15, 0.2) is 30.6 Å². The predicted octanol–water partition coefficient (Wildman–Crippen LogP) is 2.15. The molecule has 0 saturated heterocycles. The fourth-order valence-electron chi connectivity index (χ4n) is 1.43. The maximum absolute atomic E-state index is 11.5. The molecule has 17 heavy (non-hydrogen) atoms. The number of hydrogen-bond donors (Lipinski definition) is 0. The zero-order chi connectivity index (χ0) is 12.3. The first-order valence-corrected chi connectivity index (χ1v) is 5.97. The van der Waals surface area contributed by atoms with Gasteiger partial charge in [0.1, 0.15) is 17.8 Å². The molecular formula is C11H13N3O2S. The first-order chi connectivity index (χ1) is 8.22. The van der Waals surface area contributed by atoms with Gasteiger partial charge in [-0.3, -0.25) is 4.40 Å². The third-order valence-electron chi connectivity index (χ3n) is 2.27. The highest BCUT2D eigenvalue weighted by Gasteiger charge is 2.12. The van der Waals surface area contributed by atoms with Gasteiger partial charge < -0.3 is 9.64 Å². The van der Waals surface area contributed by atoms with E-state index in [1.807, 2.05) is 9.78 Å². The number of amides is 1. The standard InChI is InChI=1S/C11H13N3O2S/c1-3-4-16-11(15)13(2)6-9-7-17-10-5-12-8-14(9)10/h3,5,7-8H,1,4,6H2,2H3. The summed E-state index contributed by atoms with van der Waals surface area (Å²) in [5.41, 5.74) is 1.01. The maximum atomic E-state index is 11.5. The molecule has 0 aliphatic rings. The van der Waals surface area contributed by atoms with Crippen LogP contribution in [-0.4, -0.2) is 34.0 Å². The fraction of sp³-hybridized carbons (Fsp3) is 0.273. The lowest BCUT2D eigenvalue weighted by Gasteiger charge is -2.15. The smallest absolute Gasteiger partial charge is 0.410 e. The maximum Gasteiger partial charge on any atom is 0.410 e. The Labute approximate surface area is 103 Å². The van der Waals surface area contributed by atoms with Crippen LogP contribution >= 0.6 is 11.3 Å². The summed E-state index contributed by atoms with van der Waals surface area (Å²) in [6.45, 7) is 4.22. The van der Waals surface area contributed by atoms with E-state index in [-0.39, 0.29) is 12.7 Å². The van der Waals surface area contributed by atoms with E-state index in [2.05, 4.69) is 11.6 Å². The van der Waals surface area contributed by atoms with Crippen molar-refractivity contribution in [3.8, 4) is 0 Å². The summed E-state index contributed by atoms with van der Waals surface area (Å²) in [4.78, 5) is 18.2. The predicted molar refractivity (Wildman–Crippen MR) is 66.1 cm³/mol. The van der Waals surface area contributed by atoms with Crippen molar-refractivity contribution in [3.63, 3.8) is 0 Å². The lowest BCUT2D eigenvalue weighted by atomic mass is 10.4. The van der Waals surface area contributed by atoms with Crippen LogP contribution in [-0.2, 0) is 11.3 Å². The lowest BCUT2D eigenvalue weighted by Crippen LogP contribution is -2.27. The highest BCUT2D eigenvalue weighted by Crippen LogP contribution is 2.16. The second-order valence-corrected chi connectivity index (χ2v) is 4.44. The topological polar surface area (TPSA) is 46.8 Å². The minimum Gasteiger partial charge on any atom is -0.445 e. The molecule has 0 bridgehead atoms. The van der Waals surface area contributed by atoms with Gasteiger partial charge in [-0.25, -0.2) is 9.78 Å². The molecule has 0 aliphatic carbocycles. The lowest BCUT2D eigenvalue weighted by molar-refractivity contribution is 0.119. The summed E-state index contributed by atoms with van der Waals surface area (Å²) < 4.78 is 6.90. The molecule has 0 aromatic carbocycles. The van der Waals surface area contributed by atoms with Crippen LogP contribution in [0.25, 0.3) is 4.83 Å². The fourth-order valence-corrected chi connectivity index (χ4v) is 2.28. The zero-order valence-electron chi connectivity index (χ0n) is 9.50. The Hall–Kier alpha value is -1.82. The van der Waals surface area contributed by atoms with Crippen molar-refractivity contribution in [3.05, 3.63) is 36.3 Å². The number of thiazole rings is 1. The van der Waals surface area contributed by atoms with Crippen molar-refractivity contribution in [1.29, 1.82) is 0 Å². The molecule has 0 atom stereocenters. The molecule has 2 heterocycles. The molecule has 0 unspecified atom stereocenters. The van der Waals surface area contributed by atoms with E-state index >= 15 is 0 Å². The molecule has 0 aliphatic heterocycles. The number of aromatic nitrogens is 2. The Balaban J connectivity index is 2.03. The average Bonchev–Trinajstić information content (AvgIpc) is 2.90. The van der Waals surface area contributed by atoms with Gasteiger partial charge in [0.15, 0.2) is 0 Å². The van der Waals surface area contributed by atoms with Gasteiger partial charge in [-0.15, -0.1) is 11.3 Å². The first-order valence-electron chi connectivity index (χ1n) is 5.09. The van der Waals surface area contributed by atoms with Crippen molar-refractivity contribution >= 4 is 22.3 Å². The van der Waals surface area contributed by atoms with Crippen LogP contribution in [0.2, 0.25) is 0 Å². The zero-order valence-corrected chi connectivity index (χ0v) is 10.3. The van der Waals surface area contributed by atoms with E-state index in [0.29, 0.717) is 6.54 Å². The Morgan fingerprint density at radius 2 is 2.59 bits per heavy atom. The summed E-state index contributed by atoms with van der Waals surface area (Å²) >= 11 is 1.60. The third-order valence-corrected chi connectivity index (χ3v) is 3.20. The van der Waals surface area contributed by atoms with Crippen molar-refractivity contribution in [2.24, 2.45) is 0 Å². The minimum absolute atomic E-state index is 0.229. The number of imidazole rings is 1. The Kier molecular flexibility index (Phi) is 3.43. The Morgan fingerprint density at radius 3 is 3.35 bits per heavy atom. The summed E-state index contributed by atoms with van der Waals surface area (Å²) in [6, 6.07) is 0. The van der Waals surface area contributed by atoms with Gasteiger partial charge >= 0.3 is 6.09 Å². The Morgan fingerprint density at radius 1 is 1.76 bits per heavy atom. The summed E-state index contributed by atoms with van der Waals surface area (Å²) in [5, 5.41) is 2.01. The van der Waals surface area contributed by atoms with Crippen LogP contribution in [0.5, 0.6) is 0 Å². The molecule has 0 fully saturated rings. The number of nitrogens with zero attached hydrogens (tertiary/aromatic N) is 3. The molecule has 2 rings (SSSR count). The normalized spacial score (nSPS) is 10.4. The van der Waals surface area contributed by atoms with Crippen LogP contribution in [0.1, 0.15) is 5.69 Å². The highest BCUT2D eigenvalue weighted by molar-refractivity contribution is 7.15. The Bertz CT molecular complexity index is 532. The number of fused-ring (bicyclic) bond motifs is 1. The monoisotopic (exact) mass is 251 g/mol. The summed E-state index contributed by atoms with van der Waals surface area (Å²) in [5.74, 6) is 0. The molecule has 0 radical (unpaired) electrons. The van der Waals surface area contributed by atoms with Crippen molar-refractivity contribution in [2.75, 3.05) is 13.7 Å². The summed E-state index contributed by atoms with van der Waals surface area (Å²) in [7, 11) is 1.70. The van der Waals surface area contributed by atoms with Gasteiger partial charge in [-0.2, -0.15) is 0 Å². The van der Waals surface area contributed by atoms with Crippen LogP contribution in [0, 0.1) is 0 Å². The molecular weight excluding hydrogens is 238 g/mol. The number of rotatable bonds is 4. The van der Waals surface area contributed by atoms with Gasteiger partial charge in [-0.05, 0) is 0 Å². The molecule has 2 aromatic heterocycles. The van der Waals surface area contributed by atoms with E-state index < -0.39 is 0 Å². The molecule has 2 aromatic rings. The molecule has 90 valence electrons. The van der Waals surface area contributed by atoms with Crippen LogP contribution in [0.4, 0.5) is 4.79 Å². The average molecular weight is 251 g/mol. The second kappa shape index (κ2) is 5.01. The number of hydrogen-bond acceptors (Lipinski definition) is 4. The van der Waals surface area contributed by atoms with E-state index in [0.717, 1.165) is 10.5 Å². The molecule has 5 nitrogen and oxygen atoms in total. The van der Waals surface area contributed by atoms with Gasteiger partial charge in [0, 0.05) is 12.4 Å². The van der Waals surface area contributed by atoms with Gasteiger partial charge in [0.2, 0.25) is 0 Å². The van der Waals surface area contributed by atoms with E-state index in [4.69, 9.17) is 4.74 Å². The van der Waals surface area contributed by atoms with Crippen molar-refractivity contribution in [1.82, 2.24) is 14.3 Å². The molecule has 0 saturated carbocycles. The van der Waals surface area contributed by atoms with Crippen LogP contribution in [0.3, 0.4) is 0 Å². The van der Waals surface area contributed by atoms with Gasteiger partial charge in [0.05, 0.1) is 18.4 Å². The molecule has 1 amide bonds. The largest absolute Gasteiger partial charge is 0.445 e. The summed E-state index contributed by atoms with van der Waals surface area (Å²) in [6.07, 6.45) is 4.72. The van der Waals surface area contributed by atoms with Gasteiger partial charge in [-0.1, -0.05) is 12.7 Å². The first kappa shape index (κ1) is 11.7. The number of carbonyl (C=O) groups is 1. The molecule has 6 heteroatoms. The van der Waals surface area contributed by atoms with E-state index in [1.165, 1.54) is 4.90 Å². The second-order valence-electron chi connectivity index (χ2n) is 3.55. The quantitative estimate of drug-likeness (QED) is 0.782. The van der Waals surface area contributed by atoms with Gasteiger partial charge in [0.25, 0.3) is 0 Å². The van der Waals surface area contributed by atoms with Crippen molar-refractivity contribution < 1.29 is 9.53 Å².